The van der Waals surface area contributed by atoms with E-state index in [0.717, 1.165) is 10.9 Å². The predicted molar refractivity (Wildman–Crippen MR) is 115 cm³/mol. The molecule has 0 saturated heterocycles. The van der Waals surface area contributed by atoms with E-state index in [1.165, 1.54) is 13.2 Å². The van der Waals surface area contributed by atoms with Crippen LogP contribution in [0.5, 0.6) is 5.75 Å². The minimum absolute atomic E-state index is 0.0297. The van der Waals surface area contributed by atoms with E-state index in [-0.39, 0.29) is 5.57 Å². The number of rotatable bonds is 5. The van der Waals surface area contributed by atoms with E-state index in [1.54, 1.807) is 36.4 Å². The molecule has 1 aromatic heterocycles. The third kappa shape index (κ3) is 3.77. The van der Waals surface area contributed by atoms with Crippen LogP contribution in [0.2, 0.25) is 0 Å². The molecule has 0 aliphatic rings. The molecule has 1 heterocycles. The van der Waals surface area contributed by atoms with Gasteiger partial charge in [-0.1, -0.05) is 53.7 Å². The van der Waals surface area contributed by atoms with Gasteiger partial charge in [0.05, 0.1) is 18.2 Å². The van der Waals surface area contributed by atoms with Crippen LogP contribution in [0.15, 0.2) is 82.9 Å². The third-order valence-corrected chi connectivity index (χ3v) is 4.57. The Morgan fingerprint density at radius 3 is 2.63 bits per heavy atom. The number of carbonyl (C=O) groups is 1. The fourth-order valence-electron chi connectivity index (χ4n) is 3.10. The maximum absolute atomic E-state index is 12.6. The number of fused-ring (bicyclic) bond motifs is 1. The Morgan fingerprint density at radius 2 is 1.87 bits per heavy atom. The SMILES string of the molecule is COc1ccccc1NC(=O)C(C#N)=Cc1ccc2noc(-c3ccccc3)c2c1. The maximum Gasteiger partial charge on any atom is 0.266 e. The topological polar surface area (TPSA) is 88.1 Å². The van der Waals surface area contributed by atoms with Gasteiger partial charge < -0.3 is 14.6 Å². The van der Waals surface area contributed by atoms with Gasteiger partial charge in [-0.25, -0.2) is 0 Å². The molecular formula is C24H17N3O3. The summed E-state index contributed by atoms with van der Waals surface area (Å²) >= 11 is 0. The zero-order valence-electron chi connectivity index (χ0n) is 16.1. The minimum atomic E-state index is -0.518. The quantitative estimate of drug-likeness (QED) is 0.377. The first kappa shape index (κ1) is 19.0. The monoisotopic (exact) mass is 395 g/mol. The molecule has 30 heavy (non-hydrogen) atoms. The molecule has 146 valence electrons. The molecule has 1 amide bonds. The smallest absolute Gasteiger partial charge is 0.266 e. The lowest BCUT2D eigenvalue weighted by molar-refractivity contribution is -0.112. The van der Waals surface area contributed by atoms with Gasteiger partial charge in [-0.3, -0.25) is 4.79 Å². The van der Waals surface area contributed by atoms with Crippen molar-refractivity contribution in [2.24, 2.45) is 0 Å². The average molecular weight is 395 g/mol. The van der Waals surface area contributed by atoms with Crippen molar-refractivity contribution in [3.8, 4) is 23.1 Å². The van der Waals surface area contributed by atoms with Gasteiger partial charge in [-0.2, -0.15) is 5.26 Å². The van der Waals surface area contributed by atoms with Crippen molar-refractivity contribution < 1.29 is 14.1 Å². The highest BCUT2D eigenvalue weighted by Gasteiger charge is 2.14. The van der Waals surface area contributed by atoms with Crippen molar-refractivity contribution >= 4 is 28.6 Å². The largest absolute Gasteiger partial charge is 0.495 e. The van der Waals surface area contributed by atoms with E-state index in [9.17, 15) is 10.1 Å². The highest BCUT2D eigenvalue weighted by atomic mass is 16.5. The molecule has 0 bridgehead atoms. The van der Waals surface area contributed by atoms with Crippen LogP contribution in [0.3, 0.4) is 0 Å². The number of nitrogens with one attached hydrogen (secondary N) is 1. The summed E-state index contributed by atoms with van der Waals surface area (Å²) in [5.74, 6) is 0.634. The van der Waals surface area contributed by atoms with E-state index < -0.39 is 5.91 Å². The summed E-state index contributed by atoms with van der Waals surface area (Å²) < 4.78 is 10.7. The summed E-state index contributed by atoms with van der Waals surface area (Å²) in [5.41, 5.74) is 2.75. The molecule has 0 radical (unpaired) electrons. The van der Waals surface area contributed by atoms with Crippen LogP contribution < -0.4 is 10.1 Å². The van der Waals surface area contributed by atoms with Crippen molar-refractivity contribution in [1.29, 1.82) is 5.26 Å². The zero-order chi connectivity index (χ0) is 20.9. The first-order chi connectivity index (χ1) is 14.7. The molecule has 0 saturated carbocycles. The molecule has 3 aromatic carbocycles. The Kier molecular flexibility index (Phi) is 5.27. The van der Waals surface area contributed by atoms with Crippen LogP contribution in [0.1, 0.15) is 5.56 Å². The lowest BCUT2D eigenvalue weighted by atomic mass is 10.0. The van der Waals surface area contributed by atoms with Crippen molar-refractivity contribution in [2.75, 3.05) is 12.4 Å². The molecule has 4 rings (SSSR count). The number of carbonyl (C=O) groups excluding carboxylic acids is 1. The molecule has 0 fully saturated rings. The van der Waals surface area contributed by atoms with Gasteiger partial charge in [0.15, 0.2) is 5.76 Å². The zero-order valence-corrected chi connectivity index (χ0v) is 16.1. The molecule has 0 aliphatic heterocycles. The number of hydrogen-bond acceptors (Lipinski definition) is 5. The van der Waals surface area contributed by atoms with E-state index in [1.807, 2.05) is 42.5 Å². The van der Waals surface area contributed by atoms with Gasteiger partial charge in [0, 0.05) is 5.56 Å². The maximum atomic E-state index is 12.6. The summed E-state index contributed by atoms with van der Waals surface area (Å²) in [5, 5.41) is 17.1. The number of aromatic nitrogens is 1. The number of para-hydroxylation sites is 2. The van der Waals surface area contributed by atoms with Crippen LogP contribution in [-0.2, 0) is 4.79 Å². The van der Waals surface area contributed by atoms with Crippen LogP contribution >= 0.6 is 0 Å². The molecule has 4 aromatic rings. The van der Waals surface area contributed by atoms with Gasteiger partial charge >= 0.3 is 0 Å². The standard InChI is InChI=1S/C24H17N3O3/c1-29-22-10-6-5-9-21(22)26-24(28)18(15-25)13-16-11-12-20-19(14-16)23(30-27-20)17-7-3-2-4-8-17/h2-14H,1H3,(H,26,28). The van der Waals surface area contributed by atoms with E-state index in [2.05, 4.69) is 10.5 Å². The van der Waals surface area contributed by atoms with Crippen molar-refractivity contribution in [3.05, 3.63) is 83.9 Å². The van der Waals surface area contributed by atoms with Gasteiger partial charge in [0.1, 0.15) is 22.9 Å². The third-order valence-electron chi connectivity index (χ3n) is 4.57. The normalized spacial score (nSPS) is 11.1. The summed E-state index contributed by atoms with van der Waals surface area (Å²) in [6, 6.07) is 24.0. The molecule has 6 nitrogen and oxygen atoms in total. The number of benzene rings is 3. The summed E-state index contributed by atoms with van der Waals surface area (Å²) in [7, 11) is 1.52. The van der Waals surface area contributed by atoms with Crippen LogP contribution in [0.4, 0.5) is 5.69 Å². The molecule has 6 heteroatoms. The number of ether oxygens (including phenoxy) is 1. The molecular weight excluding hydrogens is 378 g/mol. The van der Waals surface area contributed by atoms with Crippen LogP contribution in [0, 0.1) is 11.3 Å². The highest BCUT2D eigenvalue weighted by Crippen LogP contribution is 2.30. The van der Waals surface area contributed by atoms with Gasteiger partial charge in [-0.15, -0.1) is 0 Å². The first-order valence-electron chi connectivity index (χ1n) is 9.20. The number of hydrogen-bond donors (Lipinski definition) is 1. The Balaban J connectivity index is 1.67. The Labute approximate surface area is 173 Å². The fraction of sp³-hybridized carbons (Fsp3) is 0.0417. The fourth-order valence-corrected chi connectivity index (χ4v) is 3.10. The number of nitriles is 1. The Morgan fingerprint density at radius 1 is 1.10 bits per heavy atom. The second-order valence-corrected chi connectivity index (χ2v) is 6.48. The Hall–Kier alpha value is -4.37. The summed E-state index contributed by atoms with van der Waals surface area (Å²) in [6.07, 6.45) is 1.53. The summed E-state index contributed by atoms with van der Waals surface area (Å²) in [6.45, 7) is 0. The number of anilines is 1. The average Bonchev–Trinajstić information content (AvgIpc) is 3.21. The van der Waals surface area contributed by atoms with Crippen molar-refractivity contribution in [3.63, 3.8) is 0 Å². The van der Waals surface area contributed by atoms with E-state index in [4.69, 9.17) is 9.26 Å². The van der Waals surface area contributed by atoms with Crippen molar-refractivity contribution in [2.45, 2.75) is 0 Å². The van der Waals surface area contributed by atoms with Crippen molar-refractivity contribution in [1.82, 2.24) is 5.16 Å². The number of methoxy groups -OCH3 is 1. The molecule has 0 spiro atoms. The van der Waals surface area contributed by atoms with E-state index >= 15 is 0 Å². The second-order valence-electron chi connectivity index (χ2n) is 6.48. The van der Waals surface area contributed by atoms with Crippen LogP contribution in [0.25, 0.3) is 28.3 Å². The Bertz CT molecular complexity index is 1280. The lowest BCUT2D eigenvalue weighted by Crippen LogP contribution is -2.14. The number of amides is 1. The summed E-state index contributed by atoms with van der Waals surface area (Å²) in [4.78, 5) is 12.6. The number of nitrogens with zero attached hydrogens (tertiary/aromatic N) is 2. The minimum Gasteiger partial charge on any atom is -0.495 e. The second kappa shape index (κ2) is 8.33. The molecule has 0 atom stereocenters. The highest BCUT2D eigenvalue weighted by molar-refractivity contribution is 6.10. The van der Waals surface area contributed by atoms with Gasteiger partial charge in [0.2, 0.25) is 0 Å². The predicted octanol–water partition coefficient (Wildman–Crippen LogP) is 5.05. The van der Waals surface area contributed by atoms with Gasteiger partial charge in [-0.05, 0) is 35.9 Å². The molecule has 0 unspecified atom stereocenters. The van der Waals surface area contributed by atoms with E-state index in [0.29, 0.717) is 28.3 Å². The lowest BCUT2D eigenvalue weighted by Gasteiger charge is -2.09. The van der Waals surface area contributed by atoms with Gasteiger partial charge in [0.25, 0.3) is 5.91 Å². The van der Waals surface area contributed by atoms with Crippen LogP contribution in [-0.4, -0.2) is 18.2 Å². The first-order valence-corrected chi connectivity index (χ1v) is 9.20. The molecule has 0 aliphatic carbocycles. The molecule has 1 N–H and O–H groups in total.